The molecule has 0 spiro atoms. The van der Waals surface area contributed by atoms with Crippen molar-refractivity contribution in [1.29, 1.82) is 0 Å². The van der Waals surface area contributed by atoms with Crippen LogP contribution in [0.15, 0.2) is 94.5 Å². The van der Waals surface area contributed by atoms with Crippen molar-refractivity contribution < 1.29 is 14.7 Å². The van der Waals surface area contributed by atoms with Crippen LogP contribution in [0.5, 0.6) is 0 Å². The Kier molecular flexibility index (Phi) is 6.68. The maximum atomic E-state index is 13.4. The van der Waals surface area contributed by atoms with Crippen LogP contribution < -0.4 is 16.6 Å². The van der Waals surface area contributed by atoms with Crippen LogP contribution in [-0.2, 0) is 22.4 Å². The molecule has 0 unspecified atom stereocenters. The quantitative estimate of drug-likeness (QED) is 0.375. The number of hydrogen-bond donors (Lipinski definition) is 3. The second kappa shape index (κ2) is 9.99. The van der Waals surface area contributed by atoms with Gasteiger partial charge in [0.15, 0.2) is 0 Å². The molecule has 0 aliphatic heterocycles. The fourth-order valence-corrected chi connectivity index (χ4v) is 3.92. The summed E-state index contributed by atoms with van der Waals surface area (Å²) in [4.78, 5) is 54.1. The summed E-state index contributed by atoms with van der Waals surface area (Å²) >= 11 is 0. The molecule has 1 amide bonds. The van der Waals surface area contributed by atoms with Crippen LogP contribution in [0.4, 0.5) is 0 Å². The van der Waals surface area contributed by atoms with Gasteiger partial charge in [-0.1, -0.05) is 72.8 Å². The molecule has 1 aromatic heterocycles. The minimum Gasteiger partial charge on any atom is -0.480 e. The van der Waals surface area contributed by atoms with Crippen molar-refractivity contribution in [3.05, 3.63) is 117 Å². The number of aromatic nitrogens is 2. The van der Waals surface area contributed by atoms with Gasteiger partial charge < -0.3 is 15.4 Å². The minimum atomic E-state index is -1.25. The number of rotatable bonds is 8. The topological polar surface area (TPSA) is 121 Å². The standard InChI is InChI=1S/C26H23N3O5/c30-23(27-21(25(32)33)15-17-9-3-1-4-10-17)22(16-18-11-5-2-6-12-18)29-24(31)19-13-7-8-14-20(19)28-26(29)34/h1-14,21-22H,15-16H2,(H,27,30)(H,28,34)(H,32,33)/t21-,22-/m0/s1. The SMILES string of the molecule is O=C(O)[C@H](Cc1ccccc1)NC(=O)[C@H](Cc1ccccc1)n1c(=O)[nH]c2ccccc2c1=O. The summed E-state index contributed by atoms with van der Waals surface area (Å²) < 4.78 is 0.867. The number of aliphatic carboxylic acids is 1. The van der Waals surface area contributed by atoms with Crippen molar-refractivity contribution in [2.75, 3.05) is 0 Å². The van der Waals surface area contributed by atoms with Gasteiger partial charge in [0.25, 0.3) is 5.56 Å². The number of carboxylic acids is 1. The monoisotopic (exact) mass is 457 g/mol. The lowest BCUT2D eigenvalue weighted by atomic mass is 10.0. The van der Waals surface area contributed by atoms with Crippen LogP contribution in [0.25, 0.3) is 10.9 Å². The summed E-state index contributed by atoms with van der Waals surface area (Å²) in [5, 5.41) is 12.5. The second-order valence-electron chi connectivity index (χ2n) is 7.95. The summed E-state index contributed by atoms with van der Waals surface area (Å²) in [7, 11) is 0. The molecular weight excluding hydrogens is 434 g/mol. The number of para-hydroxylation sites is 1. The number of hydrogen-bond acceptors (Lipinski definition) is 4. The maximum Gasteiger partial charge on any atom is 0.329 e. The Morgan fingerprint density at radius 1 is 0.824 bits per heavy atom. The van der Waals surface area contributed by atoms with E-state index in [9.17, 15) is 24.3 Å². The first-order valence-corrected chi connectivity index (χ1v) is 10.8. The Morgan fingerprint density at radius 2 is 1.38 bits per heavy atom. The molecule has 172 valence electrons. The van der Waals surface area contributed by atoms with Crippen molar-refractivity contribution in [2.24, 2.45) is 0 Å². The first-order chi connectivity index (χ1) is 16.4. The summed E-state index contributed by atoms with van der Waals surface area (Å²) in [6, 6.07) is 21.9. The van der Waals surface area contributed by atoms with E-state index in [1.54, 1.807) is 72.8 Å². The normalized spacial score (nSPS) is 12.7. The average Bonchev–Trinajstić information content (AvgIpc) is 2.84. The smallest absolute Gasteiger partial charge is 0.329 e. The first kappa shape index (κ1) is 22.7. The highest BCUT2D eigenvalue weighted by molar-refractivity contribution is 5.87. The zero-order chi connectivity index (χ0) is 24.1. The molecule has 8 nitrogen and oxygen atoms in total. The van der Waals surface area contributed by atoms with Crippen molar-refractivity contribution in [1.82, 2.24) is 14.9 Å². The fraction of sp³-hybridized carbons (Fsp3) is 0.154. The molecule has 4 rings (SSSR count). The van der Waals surface area contributed by atoms with E-state index in [-0.39, 0.29) is 18.2 Å². The van der Waals surface area contributed by atoms with Crippen LogP contribution >= 0.6 is 0 Å². The molecule has 0 fully saturated rings. The lowest BCUT2D eigenvalue weighted by Gasteiger charge is -2.22. The number of amides is 1. The number of carbonyl (C=O) groups excluding carboxylic acids is 1. The van der Waals surface area contributed by atoms with Crippen molar-refractivity contribution in [2.45, 2.75) is 24.9 Å². The van der Waals surface area contributed by atoms with Gasteiger partial charge in [0.2, 0.25) is 5.91 Å². The van der Waals surface area contributed by atoms with Gasteiger partial charge in [-0.2, -0.15) is 0 Å². The average molecular weight is 457 g/mol. The van der Waals surface area contributed by atoms with E-state index < -0.39 is 35.2 Å². The minimum absolute atomic E-state index is 0.0334. The van der Waals surface area contributed by atoms with E-state index in [1.165, 1.54) is 0 Å². The number of nitrogens with one attached hydrogen (secondary N) is 2. The molecule has 3 N–H and O–H groups in total. The fourth-order valence-electron chi connectivity index (χ4n) is 3.92. The second-order valence-corrected chi connectivity index (χ2v) is 7.95. The highest BCUT2D eigenvalue weighted by atomic mass is 16.4. The Morgan fingerprint density at radius 3 is 2.00 bits per heavy atom. The molecule has 4 aromatic rings. The van der Waals surface area contributed by atoms with E-state index >= 15 is 0 Å². The van der Waals surface area contributed by atoms with Crippen LogP contribution in [0.2, 0.25) is 0 Å². The highest BCUT2D eigenvalue weighted by Crippen LogP contribution is 2.15. The van der Waals surface area contributed by atoms with Gasteiger partial charge in [0, 0.05) is 12.8 Å². The molecule has 1 heterocycles. The number of H-pyrrole nitrogens is 1. The predicted molar refractivity (Wildman–Crippen MR) is 128 cm³/mol. The Labute approximate surface area is 194 Å². The van der Waals surface area contributed by atoms with Gasteiger partial charge in [-0.3, -0.25) is 9.59 Å². The molecule has 0 radical (unpaired) electrons. The van der Waals surface area contributed by atoms with E-state index in [0.29, 0.717) is 5.52 Å². The Bertz CT molecular complexity index is 1430. The Balaban J connectivity index is 1.74. The number of fused-ring (bicyclic) bond motifs is 1. The molecule has 0 saturated carbocycles. The predicted octanol–water partition coefficient (Wildman–Crippen LogP) is 2.29. The van der Waals surface area contributed by atoms with Crippen LogP contribution in [0.3, 0.4) is 0 Å². The highest BCUT2D eigenvalue weighted by Gasteiger charge is 2.29. The van der Waals surface area contributed by atoms with Crippen molar-refractivity contribution in [3.63, 3.8) is 0 Å². The van der Waals surface area contributed by atoms with Gasteiger partial charge in [0.05, 0.1) is 10.9 Å². The number of carbonyl (C=O) groups is 2. The summed E-state index contributed by atoms with van der Waals surface area (Å²) in [6.45, 7) is 0. The van der Waals surface area contributed by atoms with Crippen LogP contribution in [0.1, 0.15) is 17.2 Å². The molecule has 3 aromatic carbocycles. The number of carboxylic acid groups (broad SMARTS) is 1. The van der Waals surface area contributed by atoms with Gasteiger partial charge in [-0.15, -0.1) is 0 Å². The molecule has 0 aliphatic rings. The van der Waals surface area contributed by atoms with E-state index in [0.717, 1.165) is 15.7 Å². The third-order valence-corrected chi connectivity index (χ3v) is 5.62. The number of benzene rings is 3. The molecule has 34 heavy (non-hydrogen) atoms. The van der Waals surface area contributed by atoms with Crippen molar-refractivity contribution in [3.8, 4) is 0 Å². The van der Waals surface area contributed by atoms with E-state index in [2.05, 4.69) is 10.3 Å². The number of aromatic amines is 1. The lowest BCUT2D eigenvalue weighted by Crippen LogP contribution is -2.50. The molecule has 2 atom stereocenters. The summed E-state index contributed by atoms with van der Waals surface area (Å²) in [6.07, 6.45) is 0.0919. The van der Waals surface area contributed by atoms with Gasteiger partial charge in [-0.05, 0) is 23.3 Å². The third kappa shape index (κ3) is 4.96. The summed E-state index contributed by atoms with van der Waals surface area (Å²) in [5.74, 6) is -1.94. The molecule has 0 aliphatic carbocycles. The first-order valence-electron chi connectivity index (χ1n) is 10.8. The van der Waals surface area contributed by atoms with Crippen LogP contribution in [-0.4, -0.2) is 32.6 Å². The van der Waals surface area contributed by atoms with Gasteiger partial charge in [0.1, 0.15) is 12.1 Å². The zero-order valence-corrected chi connectivity index (χ0v) is 18.2. The van der Waals surface area contributed by atoms with Gasteiger partial charge in [-0.25, -0.2) is 14.2 Å². The molecule has 0 bridgehead atoms. The van der Waals surface area contributed by atoms with Crippen LogP contribution in [0, 0.1) is 0 Å². The van der Waals surface area contributed by atoms with Crippen molar-refractivity contribution >= 4 is 22.8 Å². The van der Waals surface area contributed by atoms with Gasteiger partial charge >= 0.3 is 11.7 Å². The zero-order valence-electron chi connectivity index (χ0n) is 18.2. The van der Waals surface area contributed by atoms with E-state index in [1.807, 2.05) is 12.1 Å². The summed E-state index contributed by atoms with van der Waals surface area (Å²) in [5.41, 5.74) is 0.452. The van der Waals surface area contributed by atoms with E-state index in [4.69, 9.17) is 0 Å². The molecule has 0 saturated heterocycles. The third-order valence-electron chi connectivity index (χ3n) is 5.62. The lowest BCUT2D eigenvalue weighted by molar-refractivity contribution is -0.142. The largest absolute Gasteiger partial charge is 0.480 e. The number of nitrogens with zero attached hydrogens (tertiary/aromatic N) is 1. The molecule has 8 heteroatoms. The molecular formula is C26H23N3O5. The maximum absolute atomic E-state index is 13.4. The Hall–Kier alpha value is -4.46.